The molecule has 0 bridgehead atoms. The molecule has 2 N–H and O–H groups in total. The fourth-order valence-corrected chi connectivity index (χ4v) is 4.42. The SMILES string of the molecule is CN=C(NCc1nccc2ccccc12)NCC(c1ccc(OC)cc1)N1CCCCC1. The van der Waals surface area contributed by atoms with Crippen molar-refractivity contribution in [3.8, 4) is 5.75 Å². The van der Waals surface area contributed by atoms with Crippen LogP contribution in [-0.4, -0.2) is 49.6 Å². The first-order valence-electron chi connectivity index (χ1n) is 11.4. The summed E-state index contributed by atoms with van der Waals surface area (Å²) < 4.78 is 5.35. The van der Waals surface area contributed by atoms with Crippen molar-refractivity contribution in [2.45, 2.75) is 31.8 Å². The number of ether oxygens (including phenoxy) is 1. The topological polar surface area (TPSA) is 61.8 Å². The number of hydrogen-bond donors (Lipinski definition) is 2. The van der Waals surface area contributed by atoms with E-state index in [1.54, 1.807) is 7.11 Å². The molecule has 1 saturated heterocycles. The number of benzene rings is 2. The van der Waals surface area contributed by atoms with Gasteiger partial charge in [-0.3, -0.25) is 14.9 Å². The fraction of sp³-hybridized carbons (Fsp3) is 0.385. The standard InChI is InChI=1S/C26H33N5O/c1-27-26(29-18-24-23-9-5-4-8-20(23)14-15-28-24)30-19-25(31-16-6-3-7-17-31)21-10-12-22(32-2)13-11-21/h4-5,8-15,25H,3,6-7,16-19H2,1-2H3,(H2,27,29,30). The van der Waals surface area contributed by atoms with E-state index in [2.05, 4.69) is 61.9 Å². The van der Waals surface area contributed by atoms with Crippen LogP contribution in [0.3, 0.4) is 0 Å². The minimum Gasteiger partial charge on any atom is -0.497 e. The molecule has 1 atom stereocenters. The van der Waals surface area contributed by atoms with Gasteiger partial charge in [-0.1, -0.05) is 42.8 Å². The highest BCUT2D eigenvalue weighted by Gasteiger charge is 2.22. The highest BCUT2D eigenvalue weighted by atomic mass is 16.5. The number of methoxy groups -OCH3 is 1. The van der Waals surface area contributed by atoms with Crippen LogP contribution < -0.4 is 15.4 Å². The van der Waals surface area contributed by atoms with E-state index in [1.807, 2.05) is 31.4 Å². The maximum absolute atomic E-state index is 5.35. The third-order valence-corrected chi connectivity index (χ3v) is 6.20. The molecule has 2 aromatic carbocycles. The second-order valence-electron chi connectivity index (χ2n) is 8.17. The highest BCUT2D eigenvalue weighted by Crippen LogP contribution is 2.26. The van der Waals surface area contributed by atoms with Crippen LogP contribution >= 0.6 is 0 Å². The molecule has 32 heavy (non-hydrogen) atoms. The predicted molar refractivity (Wildman–Crippen MR) is 131 cm³/mol. The van der Waals surface area contributed by atoms with Crippen LogP contribution in [0, 0.1) is 0 Å². The molecule has 1 aliphatic rings. The molecule has 0 aliphatic carbocycles. The van der Waals surface area contributed by atoms with Crippen LogP contribution in [0.15, 0.2) is 65.8 Å². The molecule has 1 aliphatic heterocycles. The Morgan fingerprint density at radius 2 is 1.81 bits per heavy atom. The zero-order valence-electron chi connectivity index (χ0n) is 19.1. The van der Waals surface area contributed by atoms with E-state index in [1.165, 1.54) is 35.6 Å². The first-order chi connectivity index (χ1) is 15.8. The number of likely N-dealkylation sites (tertiary alicyclic amines) is 1. The average molecular weight is 432 g/mol. The van der Waals surface area contributed by atoms with Gasteiger partial charge < -0.3 is 15.4 Å². The molecule has 168 valence electrons. The normalized spacial score (nSPS) is 16.0. The number of rotatable bonds is 7. The third-order valence-electron chi connectivity index (χ3n) is 6.20. The van der Waals surface area contributed by atoms with Crippen LogP contribution in [-0.2, 0) is 6.54 Å². The van der Waals surface area contributed by atoms with Crippen molar-refractivity contribution in [1.29, 1.82) is 0 Å². The maximum Gasteiger partial charge on any atom is 0.191 e. The van der Waals surface area contributed by atoms with Crippen molar-refractivity contribution in [1.82, 2.24) is 20.5 Å². The lowest BCUT2D eigenvalue weighted by molar-refractivity contribution is 0.164. The number of nitrogens with one attached hydrogen (secondary N) is 2. The van der Waals surface area contributed by atoms with Crippen molar-refractivity contribution in [3.05, 3.63) is 72.1 Å². The summed E-state index contributed by atoms with van der Waals surface area (Å²) in [6.45, 7) is 3.67. The zero-order valence-corrected chi connectivity index (χ0v) is 19.1. The first-order valence-corrected chi connectivity index (χ1v) is 11.4. The van der Waals surface area contributed by atoms with Gasteiger partial charge in [-0.25, -0.2) is 0 Å². The van der Waals surface area contributed by atoms with Crippen molar-refractivity contribution < 1.29 is 4.74 Å². The molecule has 0 saturated carbocycles. The van der Waals surface area contributed by atoms with Crippen LogP contribution in [0.2, 0.25) is 0 Å². The van der Waals surface area contributed by atoms with E-state index in [-0.39, 0.29) is 6.04 Å². The van der Waals surface area contributed by atoms with Gasteiger partial charge in [-0.15, -0.1) is 0 Å². The average Bonchev–Trinajstić information content (AvgIpc) is 2.87. The number of piperidine rings is 1. The van der Waals surface area contributed by atoms with Crippen molar-refractivity contribution in [2.75, 3.05) is 33.8 Å². The highest BCUT2D eigenvalue weighted by molar-refractivity contribution is 5.85. The Kier molecular flexibility index (Phi) is 7.56. The number of aromatic nitrogens is 1. The predicted octanol–water partition coefficient (Wildman–Crippen LogP) is 4.14. The Morgan fingerprint density at radius 1 is 1.03 bits per heavy atom. The summed E-state index contributed by atoms with van der Waals surface area (Å²) in [4.78, 5) is 11.6. The minimum absolute atomic E-state index is 0.287. The van der Waals surface area contributed by atoms with Crippen LogP contribution in [0.5, 0.6) is 5.75 Å². The number of guanidine groups is 1. The van der Waals surface area contributed by atoms with Crippen LogP contribution in [0.25, 0.3) is 10.8 Å². The summed E-state index contributed by atoms with van der Waals surface area (Å²) in [5.41, 5.74) is 2.32. The van der Waals surface area contributed by atoms with Gasteiger partial charge in [0.2, 0.25) is 0 Å². The number of aliphatic imine (C=N–C) groups is 1. The Bertz CT molecular complexity index is 1020. The van der Waals surface area contributed by atoms with Gasteiger partial charge in [0.15, 0.2) is 5.96 Å². The van der Waals surface area contributed by atoms with Gasteiger partial charge in [-0.2, -0.15) is 0 Å². The summed E-state index contributed by atoms with van der Waals surface area (Å²) in [6.07, 6.45) is 5.70. The van der Waals surface area contributed by atoms with Crippen molar-refractivity contribution in [2.24, 2.45) is 4.99 Å². The fourth-order valence-electron chi connectivity index (χ4n) is 4.42. The van der Waals surface area contributed by atoms with E-state index < -0.39 is 0 Å². The number of fused-ring (bicyclic) bond motifs is 1. The number of hydrogen-bond acceptors (Lipinski definition) is 4. The minimum atomic E-state index is 0.287. The van der Waals surface area contributed by atoms with Crippen molar-refractivity contribution in [3.63, 3.8) is 0 Å². The second-order valence-corrected chi connectivity index (χ2v) is 8.17. The van der Waals surface area contributed by atoms with Crippen molar-refractivity contribution >= 4 is 16.7 Å². The summed E-state index contributed by atoms with van der Waals surface area (Å²) in [7, 11) is 3.52. The molecule has 6 heteroatoms. The van der Waals surface area contributed by atoms with E-state index in [0.717, 1.165) is 37.0 Å². The van der Waals surface area contributed by atoms with E-state index in [0.29, 0.717) is 6.54 Å². The number of pyridine rings is 1. The lowest BCUT2D eigenvalue weighted by Gasteiger charge is -2.35. The van der Waals surface area contributed by atoms with Gasteiger partial charge in [0, 0.05) is 25.2 Å². The van der Waals surface area contributed by atoms with Gasteiger partial charge >= 0.3 is 0 Å². The largest absolute Gasteiger partial charge is 0.497 e. The lowest BCUT2D eigenvalue weighted by atomic mass is 10.0. The Morgan fingerprint density at radius 3 is 2.56 bits per heavy atom. The monoisotopic (exact) mass is 431 g/mol. The summed E-state index contributed by atoms with van der Waals surface area (Å²) in [5, 5.41) is 9.36. The molecule has 0 radical (unpaired) electrons. The lowest BCUT2D eigenvalue weighted by Crippen LogP contribution is -2.44. The van der Waals surface area contributed by atoms with E-state index in [9.17, 15) is 0 Å². The Balaban J connectivity index is 1.43. The quantitative estimate of drug-likeness (QED) is 0.435. The second kappa shape index (κ2) is 11.0. The number of nitrogens with zero attached hydrogens (tertiary/aromatic N) is 3. The molecule has 1 fully saturated rings. The van der Waals surface area contributed by atoms with Gasteiger partial charge in [0.05, 0.1) is 25.4 Å². The maximum atomic E-state index is 5.35. The summed E-state index contributed by atoms with van der Waals surface area (Å²) >= 11 is 0. The molecule has 0 spiro atoms. The molecule has 3 aromatic rings. The van der Waals surface area contributed by atoms with Crippen LogP contribution in [0.1, 0.15) is 36.6 Å². The molecule has 0 amide bonds. The third kappa shape index (κ3) is 5.37. The summed E-state index contributed by atoms with van der Waals surface area (Å²) in [6, 6.07) is 19.1. The van der Waals surface area contributed by atoms with E-state index in [4.69, 9.17) is 4.74 Å². The molecule has 6 nitrogen and oxygen atoms in total. The molecule has 4 rings (SSSR count). The smallest absolute Gasteiger partial charge is 0.191 e. The first kappa shape index (κ1) is 22.1. The van der Waals surface area contributed by atoms with Crippen LogP contribution in [0.4, 0.5) is 0 Å². The van der Waals surface area contributed by atoms with Gasteiger partial charge in [0.1, 0.15) is 5.75 Å². The van der Waals surface area contributed by atoms with E-state index >= 15 is 0 Å². The summed E-state index contributed by atoms with van der Waals surface area (Å²) in [5.74, 6) is 1.68. The molecule has 2 heterocycles. The molecule has 1 aromatic heterocycles. The zero-order chi connectivity index (χ0) is 22.2. The van der Waals surface area contributed by atoms with Gasteiger partial charge in [0.25, 0.3) is 0 Å². The Hall–Kier alpha value is -3.12. The van der Waals surface area contributed by atoms with Gasteiger partial charge in [-0.05, 0) is 55.1 Å². The molecule has 1 unspecified atom stereocenters. The molecular formula is C26H33N5O. The molecular weight excluding hydrogens is 398 g/mol. The Labute approximate surface area is 190 Å².